The van der Waals surface area contributed by atoms with Crippen LogP contribution in [0.4, 0.5) is 11.5 Å². The Hall–Kier alpha value is -2.09. The number of hydrogen-bond donors (Lipinski definition) is 2. The van der Waals surface area contributed by atoms with E-state index in [0.717, 1.165) is 6.42 Å². The molecule has 3 N–H and O–H groups in total. The number of nitrogens with one attached hydrogen (secondary N) is 1. The number of nitriles is 1. The summed E-state index contributed by atoms with van der Waals surface area (Å²) in [7, 11) is 0. The maximum Gasteiger partial charge on any atom is 0.222 e. The van der Waals surface area contributed by atoms with Gasteiger partial charge in [0.05, 0.1) is 16.9 Å². The highest BCUT2D eigenvalue weighted by atomic mass is 16.1. The molecule has 0 bridgehead atoms. The topological polar surface area (TPSA) is 91.8 Å². The minimum absolute atomic E-state index is 0.209. The smallest absolute Gasteiger partial charge is 0.222 e. The van der Waals surface area contributed by atoms with Gasteiger partial charge < -0.3 is 11.1 Å². The second-order valence-electron chi connectivity index (χ2n) is 3.46. The van der Waals surface area contributed by atoms with E-state index in [0.29, 0.717) is 29.2 Å². The second-order valence-corrected chi connectivity index (χ2v) is 3.46. The van der Waals surface area contributed by atoms with Crippen molar-refractivity contribution in [2.75, 3.05) is 11.1 Å². The molecule has 1 amide bonds. The minimum Gasteiger partial charge on any atom is -0.397 e. The van der Waals surface area contributed by atoms with Crippen molar-refractivity contribution in [2.45, 2.75) is 26.7 Å². The largest absolute Gasteiger partial charge is 0.397 e. The van der Waals surface area contributed by atoms with Gasteiger partial charge in [-0.05, 0) is 6.42 Å². The third-order valence-corrected chi connectivity index (χ3v) is 2.03. The molecule has 0 fully saturated rings. The van der Waals surface area contributed by atoms with Gasteiger partial charge in [-0.25, -0.2) is 4.98 Å². The highest BCUT2D eigenvalue weighted by molar-refractivity contribution is 5.88. The molecule has 84 valence electrons. The lowest BCUT2D eigenvalue weighted by atomic mass is 10.1. The van der Waals surface area contributed by atoms with Crippen LogP contribution in [0.3, 0.4) is 0 Å². The molecule has 1 heterocycles. The Bertz CT molecular complexity index is 448. The molecule has 0 aliphatic heterocycles. The summed E-state index contributed by atoms with van der Waals surface area (Å²) in [6.45, 7) is 3.39. The number of aryl methyl sites for hydroxylation is 1. The van der Waals surface area contributed by atoms with Gasteiger partial charge in [0.15, 0.2) is 0 Å². The van der Waals surface area contributed by atoms with E-state index in [2.05, 4.69) is 10.3 Å². The molecule has 5 nitrogen and oxygen atoms in total. The first-order valence-electron chi connectivity index (χ1n) is 5.05. The molecule has 1 aromatic rings. The average molecular weight is 218 g/mol. The van der Waals surface area contributed by atoms with Crippen LogP contribution >= 0.6 is 0 Å². The third-order valence-electron chi connectivity index (χ3n) is 2.03. The highest BCUT2D eigenvalue weighted by Gasteiger charge is 2.10. The van der Waals surface area contributed by atoms with E-state index in [-0.39, 0.29) is 5.91 Å². The maximum absolute atomic E-state index is 10.9. The molecular formula is C11H14N4O. The van der Waals surface area contributed by atoms with Crippen molar-refractivity contribution in [3.05, 3.63) is 17.3 Å². The average Bonchev–Trinajstić information content (AvgIpc) is 2.16. The number of nitrogen functional groups attached to an aromatic ring is 1. The Balaban J connectivity index is 3.18. The fraction of sp³-hybridized carbons (Fsp3) is 0.364. The molecule has 0 atom stereocenters. The molecule has 1 aromatic heterocycles. The van der Waals surface area contributed by atoms with Crippen LogP contribution in [0.1, 0.15) is 31.5 Å². The molecule has 0 unspecified atom stereocenters. The lowest BCUT2D eigenvalue weighted by Gasteiger charge is -2.08. The number of amides is 1. The summed E-state index contributed by atoms with van der Waals surface area (Å²) >= 11 is 0. The molecule has 16 heavy (non-hydrogen) atoms. The van der Waals surface area contributed by atoms with Crippen molar-refractivity contribution >= 4 is 17.4 Å². The van der Waals surface area contributed by atoms with Crippen LogP contribution in [-0.4, -0.2) is 10.9 Å². The van der Waals surface area contributed by atoms with Crippen molar-refractivity contribution in [3.8, 4) is 6.07 Å². The number of hydrogen-bond acceptors (Lipinski definition) is 4. The first-order valence-corrected chi connectivity index (χ1v) is 5.05. The van der Waals surface area contributed by atoms with Crippen molar-refractivity contribution in [1.29, 1.82) is 5.26 Å². The van der Waals surface area contributed by atoms with Crippen molar-refractivity contribution < 1.29 is 4.79 Å². The number of carbonyl (C=O) groups is 1. The van der Waals surface area contributed by atoms with Gasteiger partial charge in [0, 0.05) is 13.0 Å². The van der Waals surface area contributed by atoms with Gasteiger partial charge in [-0.2, -0.15) is 5.26 Å². The molecule has 0 radical (unpaired) electrons. The molecular weight excluding hydrogens is 204 g/mol. The van der Waals surface area contributed by atoms with Crippen LogP contribution in [0.15, 0.2) is 6.07 Å². The predicted molar refractivity (Wildman–Crippen MR) is 61.7 cm³/mol. The summed E-state index contributed by atoms with van der Waals surface area (Å²) in [5, 5.41) is 11.5. The Morgan fingerprint density at radius 3 is 2.88 bits per heavy atom. The quantitative estimate of drug-likeness (QED) is 0.803. The van der Waals surface area contributed by atoms with E-state index < -0.39 is 0 Å². The summed E-state index contributed by atoms with van der Waals surface area (Å²) in [4.78, 5) is 15.1. The first kappa shape index (κ1) is 12.0. The highest BCUT2D eigenvalue weighted by Crippen LogP contribution is 2.20. The minimum atomic E-state index is -0.209. The molecule has 0 spiro atoms. The normalized spacial score (nSPS) is 9.56. The van der Waals surface area contributed by atoms with E-state index in [1.807, 2.05) is 13.0 Å². The summed E-state index contributed by atoms with van der Waals surface area (Å²) in [5.74, 6) is 0.187. The molecule has 0 aliphatic carbocycles. The van der Waals surface area contributed by atoms with Crippen LogP contribution in [-0.2, 0) is 11.2 Å². The number of nitrogens with zero attached hydrogens (tertiary/aromatic N) is 2. The fourth-order valence-corrected chi connectivity index (χ4v) is 1.41. The zero-order valence-electron chi connectivity index (χ0n) is 9.37. The van der Waals surface area contributed by atoms with Crippen molar-refractivity contribution in [1.82, 2.24) is 4.98 Å². The van der Waals surface area contributed by atoms with E-state index >= 15 is 0 Å². The van der Waals surface area contributed by atoms with E-state index in [4.69, 9.17) is 11.0 Å². The van der Waals surface area contributed by atoms with Crippen LogP contribution in [0.25, 0.3) is 0 Å². The molecule has 0 saturated carbocycles. The lowest BCUT2D eigenvalue weighted by Crippen LogP contribution is -2.10. The SMILES string of the molecule is CCCc1nc(NC(C)=O)cc(N)c1C#N. The van der Waals surface area contributed by atoms with E-state index in [1.165, 1.54) is 13.0 Å². The lowest BCUT2D eigenvalue weighted by molar-refractivity contribution is -0.114. The Morgan fingerprint density at radius 2 is 2.38 bits per heavy atom. The van der Waals surface area contributed by atoms with Crippen molar-refractivity contribution in [3.63, 3.8) is 0 Å². The third kappa shape index (κ3) is 2.70. The summed E-state index contributed by atoms with van der Waals surface area (Å²) in [6.07, 6.45) is 1.53. The number of rotatable bonds is 3. The first-order chi connectivity index (χ1) is 7.58. The molecule has 0 aromatic carbocycles. The Kier molecular flexibility index (Phi) is 3.84. The van der Waals surface area contributed by atoms with Crippen LogP contribution in [0, 0.1) is 11.3 Å². The van der Waals surface area contributed by atoms with E-state index in [9.17, 15) is 4.79 Å². The summed E-state index contributed by atoms with van der Waals surface area (Å²) in [6, 6.07) is 3.53. The number of anilines is 2. The van der Waals surface area contributed by atoms with Crippen LogP contribution < -0.4 is 11.1 Å². The number of pyridine rings is 1. The van der Waals surface area contributed by atoms with Gasteiger partial charge in [-0.1, -0.05) is 13.3 Å². The molecule has 5 heteroatoms. The predicted octanol–water partition coefficient (Wildman–Crippen LogP) is 1.45. The Labute approximate surface area is 94.3 Å². The van der Waals surface area contributed by atoms with Crippen LogP contribution in [0.2, 0.25) is 0 Å². The molecule has 0 aliphatic rings. The zero-order valence-corrected chi connectivity index (χ0v) is 9.37. The van der Waals surface area contributed by atoms with Gasteiger partial charge in [0.1, 0.15) is 11.9 Å². The van der Waals surface area contributed by atoms with Gasteiger partial charge in [-0.3, -0.25) is 4.79 Å². The Morgan fingerprint density at radius 1 is 1.69 bits per heavy atom. The molecule has 1 rings (SSSR count). The van der Waals surface area contributed by atoms with Gasteiger partial charge in [0.2, 0.25) is 5.91 Å². The van der Waals surface area contributed by atoms with Gasteiger partial charge in [-0.15, -0.1) is 0 Å². The summed E-state index contributed by atoms with van der Waals surface area (Å²) in [5.41, 5.74) is 7.11. The monoisotopic (exact) mass is 218 g/mol. The molecule has 0 saturated heterocycles. The van der Waals surface area contributed by atoms with Crippen molar-refractivity contribution in [2.24, 2.45) is 0 Å². The second kappa shape index (κ2) is 5.12. The summed E-state index contributed by atoms with van der Waals surface area (Å²) < 4.78 is 0. The van der Waals surface area contributed by atoms with Gasteiger partial charge >= 0.3 is 0 Å². The van der Waals surface area contributed by atoms with E-state index in [1.54, 1.807) is 0 Å². The maximum atomic E-state index is 10.9. The number of nitrogens with two attached hydrogens (primary N) is 1. The number of carbonyl (C=O) groups excluding carboxylic acids is 1. The zero-order chi connectivity index (χ0) is 12.1. The van der Waals surface area contributed by atoms with Gasteiger partial charge in [0.25, 0.3) is 0 Å². The fourth-order valence-electron chi connectivity index (χ4n) is 1.41. The number of aromatic nitrogens is 1. The van der Waals surface area contributed by atoms with Crippen LogP contribution in [0.5, 0.6) is 0 Å². The standard InChI is InChI=1S/C11H14N4O/c1-3-4-10-8(6-12)9(13)5-11(15-10)14-7(2)16/h5H,3-4H2,1-2H3,(H3,13,14,15,16).